The molecule has 0 bridgehead atoms. The predicted octanol–water partition coefficient (Wildman–Crippen LogP) is 7.37. The Morgan fingerprint density at radius 1 is 1.00 bits per heavy atom. The van der Waals surface area contributed by atoms with E-state index in [9.17, 15) is 41.3 Å². The van der Waals surface area contributed by atoms with Crippen molar-refractivity contribution in [3.05, 3.63) is 63.7 Å². The lowest BCUT2D eigenvalue weighted by Gasteiger charge is -2.42. The number of carbonyl (C=O) groups is 1. The van der Waals surface area contributed by atoms with Crippen molar-refractivity contribution in [2.24, 2.45) is 11.3 Å². The van der Waals surface area contributed by atoms with Crippen LogP contribution in [0.3, 0.4) is 0 Å². The van der Waals surface area contributed by atoms with Gasteiger partial charge in [-0.2, -0.15) is 26.3 Å². The molecule has 13 heteroatoms. The number of halogens is 6. The summed E-state index contributed by atoms with van der Waals surface area (Å²) in [6.07, 6.45) is -5.18. The number of amides is 1. The van der Waals surface area contributed by atoms with Gasteiger partial charge in [-0.3, -0.25) is 14.9 Å². The van der Waals surface area contributed by atoms with Gasteiger partial charge in [-0.1, -0.05) is 6.92 Å². The normalized spacial score (nSPS) is 21.1. The number of carbonyl (C=O) groups excluding carboxylic acids is 1. The third-order valence-electron chi connectivity index (χ3n) is 8.54. The van der Waals surface area contributed by atoms with Crippen molar-refractivity contribution in [1.29, 1.82) is 0 Å². The van der Waals surface area contributed by atoms with E-state index >= 15 is 0 Å². The van der Waals surface area contributed by atoms with Gasteiger partial charge < -0.3 is 15.1 Å². The number of alkyl halides is 6. The summed E-state index contributed by atoms with van der Waals surface area (Å²) in [5.41, 5.74) is -2.67. The number of hydrogen-bond acceptors (Lipinski definition) is 5. The molecule has 2 aromatic rings. The standard InChI is InChI=1S/C29H34F6N4O3/c1-27(13-15-38(16-14-27)23-10-5-20(6-11-23)28(30,31)32)26(40)37(2)18-19-3-7-21(8-4-19)36-22-9-12-25(39(41)42)24(17-22)29(33,34)35/h5-6,9-12,17,19,21,36H,3-4,7-8,13-16,18H2,1-2H3/t19-,21-. The summed E-state index contributed by atoms with van der Waals surface area (Å²) >= 11 is 0. The number of benzene rings is 2. The van der Waals surface area contributed by atoms with Crippen molar-refractivity contribution in [2.45, 2.75) is 63.8 Å². The van der Waals surface area contributed by atoms with Crippen LogP contribution in [0.15, 0.2) is 42.5 Å². The molecule has 0 atom stereocenters. The van der Waals surface area contributed by atoms with Gasteiger partial charge in [0.05, 0.1) is 10.5 Å². The Kier molecular flexibility index (Phi) is 8.98. The van der Waals surface area contributed by atoms with Crippen LogP contribution < -0.4 is 10.2 Å². The first kappa shape index (κ1) is 31.4. The van der Waals surface area contributed by atoms with E-state index in [1.165, 1.54) is 18.2 Å². The van der Waals surface area contributed by atoms with Gasteiger partial charge in [0.15, 0.2) is 0 Å². The van der Waals surface area contributed by atoms with Crippen LogP contribution in [0.2, 0.25) is 0 Å². The van der Waals surface area contributed by atoms with Crippen LogP contribution in [0.25, 0.3) is 0 Å². The lowest BCUT2D eigenvalue weighted by atomic mass is 9.78. The molecule has 4 rings (SSSR count). The Bertz CT molecular complexity index is 1270. The Balaban J connectivity index is 1.26. The van der Waals surface area contributed by atoms with Crippen LogP contribution in [0.1, 0.15) is 56.6 Å². The van der Waals surface area contributed by atoms with Gasteiger partial charge in [-0.25, -0.2) is 0 Å². The Labute approximate surface area is 240 Å². The molecule has 1 heterocycles. The molecule has 0 spiro atoms. The Morgan fingerprint density at radius 3 is 2.12 bits per heavy atom. The third-order valence-corrected chi connectivity index (χ3v) is 8.54. The fourth-order valence-electron chi connectivity index (χ4n) is 6.00. The van der Waals surface area contributed by atoms with Gasteiger partial charge in [-0.05, 0) is 80.8 Å². The van der Waals surface area contributed by atoms with Gasteiger partial charge >= 0.3 is 12.4 Å². The van der Waals surface area contributed by atoms with Gasteiger partial charge in [0, 0.05) is 55.6 Å². The van der Waals surface area contributed by atoms with Crippen LogP contribution in [0, 0.1) is 21.4 Å². The fraction of sp³-hybridized carbons (Fsp3) is 0.552. The first-order valence-corrected chi connectivity index (χ1v) is 13.9. The van der Waals surface area contributed by atoms with E-state index in [0.29, 0.717) is 51.0 Å². The van der Waals surface area contributed by atoms with E-state index < -0.39 is 39.5 Å². The second-order valence-electron chi connectivity index (χ2n) is 11.6. The van der Waals surface area contributed by atoms with Crippen LogP contribution >= 0.6 is 0 Å². The molecule has 1 amide bonds. The van der Waals surface area contributed by atoms with Crippen LogP contribution in [-0.4, -0.2) is 48.5 Å². The number of rotatable bonds is 7. The average Bonchev–Trinajstić information content (AvgIpc) is 2.93. The maximum atomic E-state index is 13.4. The molecule has 1 aliphatic heterocycles. The summed E-state index contributed by atoms with van der Waals surface area (Å²) in [5, 5.41) is 14.1. The van der Waals surface area contributed by atoms with Crippen molar-refractivity contribution >= 4 is 23.0 Å². The summed E-state index contributed by atoms with van der Waals surface area (Å²) in [5.74, 6) is 0.260. The summed E-state index contributed by atoms with van der Waals surface area (Å²) < 4.78 is 78.6. The second-order valence-corrected chi connectivity index (χ2v) is 11.6. The number of nitro benzene ring substituents is 1. The molecule has 1 saturated heterocycles. The first-order chi connectivity index (χ1) is 19.6. The van der Waals surface area contributed by atoms with E-state index in [2.05, 4.69) is 5.32 Å². The molecule has 2 aromatic carbocycles. The highest BCUT2D eigenvalue weighted by Gasteiger charge is 2.40. The van der Waals surface area contributed by atoms with Crippen molar-refractivity contribution in [1.82, 2.24) is 4.90 Å². The number of nitrogens with zero attached hydrogens (tertiary/aromatic N) is 3. The van der Waals surface area contributed by atoms with E-state index in [0.717, 1.165) is 37.1 Å². The summed E-state index contributed by atoms with van der Waals surface area (Å²) in [6.45, 7) is 3.59. The highest BCUT2D eigenvalue weighted by molar-refractivity contribution is 5.82. The maximum Gasteiger partial charge on any atom is 0.423 e. The molecular weight excluding hydrogens is 566 g/mol. The van der Waals surface area contributed by atoms with E-state index in [4.69, 9.17) is 0 Å². The van der Waals surface area contributed by atoms with Gasteiger partial charge in [0.1, 0.15) is 5.56 Å². The minimum Gasteiger partial charge on any atom is -0.382 e. The van der Waals surface area contributed by atoms with E-state index in [1.807, 2.05) is 11.8 Å². The Hall–Kier alpha value is -3.51. The molecule has 1 saturated carbocycles. The minimum absolute atomic E-state index is 0.0281. The monoisotopic (exact) mass is 600 g/mol. The molecule has 0 aromatic heterocycles. The molecule has 1 aliphatic carbocycles. The van der Waals surface area contributed by atoms with Crippen LogP contribution in [-0.2, 0) is 17.1 Å². The maximum absolute atomic E-state index is 13.4. The number of nitro groups is 1. The molecule has 0 radical (unpaired) electrons. The number of hydrogen-bond donors (Lipinski definition) is 1. The lowest BCUT2D eigenvalue weighted by molar-refractivity contribution is -0.388. The van der Waals surface area contributed by atoms with Crippen molar-refractivity contribution in [2.75, 3.05) is 36.9 Å². The Morgan fingerprint density at radius 2 is 1.60 bits per heavy atom. The first-order valence-electron chi connectivity index (χ1n) is 13.9. The molecule has 2 aliphatic rings. The zero-order valence-corrected chi connectivity index (χ0v) is 23.4. The third kappa shape index (κ3) is 7.27. The highest BCUT2D eigenvalue weighted by Crippen LogP contribution is 2.39. The average molecular weight is 601 g/mol. The van der Waals surface area contributed by atoms with Crippen LogP contribution in [0.4, 0.5) is 43.4 Å². The summed E-state index contributed by atoms with van der Waals surface area (Å²) in [7, 11) is 1.77. The predicted molar refractivity (Wildman–Crippen MR) is 146 cm³/mol. The van der Waals surface area contributed by atoms with Crippen molar-refractivity contribution < 1.29 is 36.1 Å². The van der Waals surface area contributed by atoms with E-state index in [1.54, 1.807) is 11.9 Å². The zero-order chi connectivity index (χ0) is 30.9. The SMILES string of the molecule is CN(C[C@H]1CC[C@H](Nc2ccc([N+](=O)[O-])c(C(F)(F)F)c2)CC1)C(=O)C1(C)CCN(c2ccc(C(F)(F)F)cc2)CC1. The molecule has 2 fully saturated rings. The summed E-state index contributed by atoms with van der Waals surface area (Å²) in [4.78, 5) is 27.1. The fourth-order valence-corrected chi connectivity index (χ4v) is 6.00. The van der Waals surface area contributed by atoms with Gasteiger partial charge in [0.2, 0.25) is 5.91 Å². The molecule has 230 valence electrons. The minimum atomic E-state index is -4.84. The van der Waals surface area contributed by atoms with E-state index in [-0.39, 0.29) is 23.6 Å². The highest BCUT2D eigenvalue weighted by atomic mass is 19.4. The van der Waals surface area contributed by atoms with Gasteiger partial charge in [-0.15, -0.1) is 0 Å². The topological polar surface area (TPSA) is 78.7 Å². The molecule has 7 nitrogen and oxygen atoms in total. The van der Waals surface area contributed by atoms with Gasteiger partial charge in [0.25, 0.3) is 5.69 Å². The number of piperidine rings is 1. The lowest BCUT2D eigenvalue weighted by Crippen LogP contribution is -2.49. The molecular formula is C29H34F6N4O3. The molecule has 1 N–H and O–H groups in total. The zero-order valence-electron chi connectivity index (χ0n) is 23.4. The molecule has 0 unspecified atom stereocenters. The number of anilines is 2. The van der Waals surface area contributed by atoms with Crippen molar-refractivity contribution in [3.63, 3.8) is 0 Å². The van der Waals surface area contributed by atoms with Crippen molar-refractivity contribution in [3.8, 4) is 0 Å². The molecule has 42 heavy (non-hydrogen) atoms. The largest absolute Gasteiger partial charge is 0.423 e. The second kappa shape index (κ2) is 12.0. The smallest absolute Gasteiger partial charge is 0.382 e. The van der Waals surface area contributed by atoms with Crippen LogP contribution in [0.5, 0.6) is 0 Å². The summed E-state index contributed by atoms with van der Waals surface area (Å²) in [6, 6.07) is 7.90. The number of nitrogens with one attached hydrogen (secondary N) is 1. The quantitative estimate of drug-likeness (QED) is 0.204.